The van der Waals surface area contributed by atoms with Crippen LogP contribution < -0.4 is 19.5 Å². The molecular formula is C29H28N2O6. The maximum absolute atomic E-state index is 12.0. The van der Waals surface area contributed by atoms with E-state index >= 15 is 0 Å². The summed E-state index contributed by atoms with van der Waals surface area (Å²) >= 11 is 0. The third-order valence-electron chi connectivity index (χ3n) is 6.20. The molecule has 190 valence electrons. The molecule has 1 aromatic heterocycles. The van der Waals surface area contributed by atoms with Crippen LogP contribution in [0.2, 0.25) is 0 Å². The van der Waals surface area contributed by atoms with Crippen molar-refractivity contribution in [2.45, 2.75) is 38.9 Å². The molecule has 4 aromatic rings. The largest absolute Gasteiger partial charge is 0.489 e. The van der Waals surface area contributed by atoms with E-state index in [-0.39, 0.29) is 6.61 Å². The number of hydrogen-bond acceptors (Lipinski definition) is 7. The van der Waals surface area contributed by atoms with E-state index in [1.807, 2.05) is 73.7 Å². The van der Waals surface area contributed by atoms with Crippen LogP contribution in [0.5, 0.6) is 17.2 Å². The summed E-state index contributed by atoms with van der Waals surface area (Å²) in [4.78, 5) is 16.7. The molecular weight excluding hydrogens is 472 g/mol. The van der Waals surface area contributed by atoms with Crippen LogP contribution in [-0.2, 0) is 22.7 Å². The van der Waals surface area contributed by atoms with Gasteiger partial charge >= 0.3 is 11.7 Å². The lowest BCUT2D eigenvalue weighted by Crippen LogP contribution is -2.57. The van der Waals surface area contributed by atoms with Gasteiger partial charge in [-0.2, -0.15) is 0 Å². The van der Waals surface area contributed by atoms with Gasteiger partial charge < -0.3 is 29.4 Å². The maximum atomic E-state index is 12.0. The topological polar surface area (TPSA) is 99.1 Å². The molecule has 0 aliphatic carbocycles. The van der Waals surface area contributed by atoms with Crippen LogP contribution in [0.25, 0.3) is 10.9 Å². The second kappa shape index (κ2) is 10.4. The number of anilines is 1. The van der Waals surface area contributed by atoms with Crippen molar-refractivity contribution in [2.75, 3.05) is 11.9 Å². The van der Waals surface area contributed by atoms with Gasteiger partial charge in [0.2, 0.25) is 0 Å². The highest BCUT2D eigenvalue weighted by atomic mass is 16.6. The SMILES string of the molecule is CCOC(C)C1(C(=O)O)Nc2ccc(COc3cccc(OCc4ccc5ccccc5n4)c3)cc2O1. The Bertz CT molecular complexity index is 1420. The highest BCUT2D eigenvalue weighted by molar-refractivity contribution is 5.86. The zero-order valence-electron chi connectivity index (χ0n) is 20.6. The average molecular weight is 501 g/mol. The Balaban J connectivity index is 1.21. The molecule has 0 amide bonds. The first-order valence-corrected chi connectivity index (χ1v) is 12.1. The van der Waals surface area contributed by atoms with Crippen molar-refractivity contribution in [3.05, 3.63) is 90.1 Å². The van der Waals surface area contributed by atoms with Gasteiger partial charge in [-0.3, -0.25) is 0 Å². The van der Waals surface area contributed by atoms with Gasteiger partial charge in [0.1, 0.15) is 36.6 Å². The maximum Gasteiger partial charge on any atom is 0.372 e. The van der Waals surface area contributed by atoms with E-state index in [0.29, 0.717) is 36.1 Å². The average Bonchev–Trinajstić information content (AvgIpc) is 3.32. The Labute approximate surface area is 214 Å². The summed E-state index contributed by atoms with van der Waals surface area (Å²) < 4.78 is 23.3. The quantitative estimate of drug-likeness (QED) is 0.299. The fraction of sp³-hybridized carbons (Fsp3) is 0.241. The third kappa shape index (κ3) is 5.15. The number of benzene rings is 3. The molecule has 8 nitrogen and oxygen atoms in total. The minimum Gasteiger partial charge on any atom is -0.489 e. The number of aromatic nitrogens is 1. The van der Waals surface area contributed by atoms with E-state index in [9.17, 15) is 9.90 Å². The smallest absolute Gasteiger partial charge is 0.372 e. The molecule has 2 N–H and O–H groups in total. The zero-order chi connectivity index (χ0) is 25.8. The van der Waals surface area contributed by atoms with Crippen LogP contribution in [0, 0.1) is 0 Å². The van der Waals surface area contributed by atoms with E-state index in [1.54, 1.807) is 19.1 Å². The summed E-state index contributed by atoms with van der Waals surface area (Å²) in [5, 5.41) is 13.9. The number of carboxylic acid groups (broad SMARTS) is 1. The van der Waals surface area contributed by atoms with Crippen molar-refractivity contribution in [1.82, 2.24) is 4.98 Å². The van der Waals surface area contributed by atoms with Crippen LogP contribution in [-0.4, -0.2) is 34.5 Å². The second-order valence-corrected chi connectivity index (χ2v) is 8.74. The fourth-order valence-corrected chi connectivity index (χ4v) is 4.23. The van der Waals surface area contributed by atoms with Gasteiger partial charge in [0.15, 0.2) is 0 Å². The van der Waals surface area contributed by atoms with Gasteiger partial charge in [-0.25, -0.2) is 9.78 Å². The van der Waals surface area contributed by atoms with E-state index < -0.39 is 17.8 Å². The molecule has 2 heterocycles. The minimum atomic E-state index is -1.68. The lowest BCUT2D eigenvalue weighted by molar-refractivity contribution is -0.163. The zero-order valence-corrected chi connectivity index (χ0v) is 20.6. The summed E-state index contributed by atoms with van der Waals surface area (Å²) in [7, 11) is 0. The van der Waals surface area contributed by atoms with Crippen molar-refractivity contribution in [3.63, 3.8) is 0 Å². The number of ether oxygens (including phenoxy) is 4. The Morgan fingerprint density at radius 2 is 1.78 bits per heavy atom. The van der Waals surface area contributed by atoms with Crippen molar-refractivity contribution >= 4 is 22.6 Å². The lowest BCUT2D eigenvalue weighted by Gasteiger charge is -2.30. The van der Waals surface area contributed by atoms with Crippen LogP contribution in [0.15, 0.2) is 78.9 Å². The molecule has 0 bridgehead atoms. The molecule has 5 rings (SSSR count). The fourth-order valence-electron chi connectivity index (χ4n) is 4.23. The standard InChI is InChI=1S/C29H28N2O6/c1-3-34-19(2)29(28(32)33)31-26-14-11-20(15-27(26)37-29)17-35-23-8-6-9-24(16-23)36-18-22-13-12-21-7-4-5-10-25(21)30-22/h4-16,19,31H,3,17-18H2,1-2H3,(H,32,33). The Kier molecular flexibility index (Phi) is 6.83. The molecule has 2 unspecified atom stereocenters. The molecule has 1 aliphatic rings. The van der Waals surface area contributed by atoms with Crippen LogP contribution >= 0.6 is 0 Å². The van der Waals surface area contributed by atoms with Crippen molar-refractivity contribution in [3.8, 4) is 17.2 Å². The van der Waals surface area contributed by atoms with Gasteiger partial charge in [0, 0.05) is 18.1 Å². The first-order chi connectivity index (χ1) is 18.0. The van der Waals surface area contributed by atoms with Crippen LogP contribution in [0.3, 0.4) is 0 Å². The van der Waals surface area contributed by atoms with Gasteiger partial charge in [0.05, 0.1) is 16.9 Å². The van der Waals surface area contributed by atoms with Crippen LogP contribution in [0.1, 0.15) is 25.1 Å². The van der Waals surface area contributed by atoms with E-state index in [4.69, 9.17) is 18.9 Å². The number of fused-ring (bicyclic) bond motifs is 2. The first kappa shape index (κ1) is 24.4. The summed E-state index contributed by atoms with van der Waals surface area (Å²) in [6, 6.07) is 24.8. The molecule has 1 aliphatic heterocycles. The summed E-state index contributed by atoms with van der Waals surface area (Å²) in [6.07, 6.45) is -0.699. The molecule has 2 atom stereocenters. The van der Waals surface area contributed by atoms with E-state index in [0.717, 1.165) is 22.2 Å². The van der Waals surface area contributed by atoms with Crippen molar-refractivity contribution < 1.29 is 28.8 Å². The Hall–Kier alpha value is -4.30. The van der Waals surface area contributed by atoms with E-state index in [1.165, 1.54) is 0 Å². The highest BCUT2D eigenvalue weighted by Gasteiger charge is 2.52. The molecule has 3 aromatic carbocycles. The van der Waals surface area contributed by atoms with E-state index in [2.05, 4.69) is 10.3 Å². The summed E-state index contributed by atoms with van der Waals surface area (Å²) in [6.45, 7) is 4.47. The second-order valence-electron chi connectivity index (χ2n) is 8.74. The number of nitrogens with one attached hydrogen (secondary N) is 1. The van der Waals surface area contributed by atoms with Crippen LogP contribution in [0.4, 0.5) is 5.69 Å². The number of para-hydroxylation sites is 1. The van der Waals surface area contributed by atoms with Gasteiger partial charge in [0.25, 0.3) is 0 Å². The predicted octanol–water partition coefficient (Wildman–Crippen LogP) is 5.40. The first-order valence-electron chi connectivity index (χ1n) is 12.1. The molecule has 8 heteroatoms. The number of carboxylic acids is 1. The van der Waals surface area contributed by atoms with Crippen molar-refractivity contribution in [2.24, 2.45) is 0 Å². The number of rotatable bonds is 10. The number of aliphatic carboxylic acids is 1. The number of nitrogens with zero attached hydrogens (tertiary/aromatic N) is 1. The summed E-state index contributed by atoms with van der Waals surface area (Å²) in [5.41, 5.74) is 1.52. The number of pyridine rings is 1. The Morgan fingerprint density at radius 3 is 2.57 bits per heavy atom. The molecule has 0 radical (unpaired) electrons. The van der Waals surface area contributed by atoms with Crippen molar-refractivity contribution in [1.29, 1.82) is 0 Å². The van der Waals surface area contributed by atoms with Gasteiger partial charge in [-0.15, -0.1) is 0 Å². The molecule has 0 spiro atoms. The third-order valence-corrected chi connectivity index (χ3v) is 6.20. The van der Waals surface area contributed by atoms with Gasteiger partial charge in [-0.1, -0.05) is 36.4 Å². The molecule has 0 fully saturated rings. The normalized spacial score (nSPS) is 16.9. The molecule has 0 saturated heterocycles. The lowest BCUT2D eigenvalue weighted by atomic mass is 10.1. The van der Waals surface area contributed by atoms with Gasteiger partial charge in [-0.05, 0) is 55.8 Å². The highest BCUT2D eigenvalue weighted by Crippen LogP contribution is 2.40. The summed E-state index contributed by atoms with van der Waals surface area (Å²) in [5.74, 6) is 0.617. The Morgan fingerprint density at radius 1 is 1.00 bits per heavy atom. The predicted molar refractivity (Wildman–Crippen MR) is 139 cm³/mol. The minimum absolute atomic E-state index is 0.271. The number of hydrogen-bond donors (Lipinski definition) is 2. The number of carbonyl (C=O) groups is 1. The molecule has 0 saturated carbocycles. The monoisotopic (exact) mass is 500 g/mol. The molecule has 37 heavy (non-hydrogen) atoms.